The molecule has 0 spiro atoms. The van der Waals surface area contributed by atoms with Crippen LogP contribution in [0.1, 0.15) is 21.5 Å². The minimum atomic E-state index is -0.129. The van der Waals surface area contributed by atoms with Gasteiger partial charge in [0.2, 0.25) is 0 Å². The van der Waals surface area contributed by atoms with Gasteiger partial charge in [0.1, 0.15) is 12.4 Å². The number of carbonyl (C=O) groups excluding carboxylic acids is 1. The fourth-order valence-electron chi connectivity index (χ4n) is 2.05. The van der Waals surface area contributed by atoms with Gasteiger partial charge in [-0.2, -0.15) is 0 Å². The zero-order valence-electron chi connectivity index (χ0n) is 12.2. The van der Waals surface area contributed by atoms with E-state index in [1.807, 2.05) is 26.0 Å². The van der Waals surface area contributed by atoms with E-state index in [1.54, 1.807) is 24.3 Å². The molecule has 2 aromatic carbocycles. The maximum Gasteiger partial charge on any atom is 0.251 e. The van der Waals surface area contributed by atoms with Gasteiger partial charge >= 0.3 is 0 Å². The molecule has 4 heteroatoms. The van der Waals surface area contributed by atoms with Crippen molar-refractivity contribution < 1.29 is 9.53 Å². The minimum Gasteiger partial charge on any atom is -0.492 e. The highest BCUT2D eigenvalue weighted by Gasteiger charge is 2.04. The van der Waals surface area contributed by atoms with Crippen LogP contribution < -0.4 is 10.1 Å². The van der Waals surface area contributed by atoms with Crippen LogP contribution in [0.25, 0.3) is 0 Å². The molecule has 1 N–H and O–H groups in total. The van der Waals surface area contributed by atoms with E-state index in [0.717, 1.165) is 16.9 Å². The highest BCUT2D eigenvalue weighted by molar-refractivity contribution is 6.30. The van der Waals surface area contributed by atoms with E-state index >= 15 is 0 Å². The topological polar surface area (TPSA) is 38.3 Å². The fourth-order valence-corrected chi connectivity index (χ4v) is 2.18. The van der Waals surface area contributed by atoms with Gasteiger partial charge in [-0.1, -0.05) is 17.7 Å². The second-order valence-electron chi connectivity index (χ2n) is 4.93. The average Bonchev–Trinajstić information content (AvgIpc) is 2.43. The molecule has 0 bridgehead atoms. The molecular formula is C17H18ClNO2. The number of rotatable bonds is 5. The lowest BCUT2D eigenvalue weighted by Gasteiger charge is -2.09. The second-order valence-corrected chi connectivity index (χ2v) is 5.37. The van der Waals surface area contributed by atoms with Gasteiger partial charge < -0.3 is 10.1 Å². The Balaban J connectivity index is 1.79. The van der Waals surface area contributed by atoms with Crippen LogP contribution in [-0.2, 0) is 0 Å². The molecule has 0 heterocycles. The summed E-state index contributed by atoms with van der Waals surface area (Å²) >= 11 is 5.78. The van der Waals surface area contributed by atoms with Gasteiger partial charge in [-0.05, 0) is 61.4 Å². The molecule has 110 valence electrons. The zero-order valence-corrected chi connectivity index (χ0v) is 12.9. The molecule has 0 atom stereocenters. The smallest absolute Gasteiger partial charge is 0.251 e. The molecule has 0 fully saturated rings. The summed E-state index contributed by atoms with van der Waals surface area (Å²) in [6, 6.07) is 12.8. The standard InChI is InChI=1S/C17H18ClNO2/c1-12-9-13(2)11-16(10-12)21-8-7-19-17(20)14-3-5-15(18)6-4-14/h3-6,9-11H,7-8H2,1-2H3,(H,19,20). The monoisotopic (exact) mass is 303 g/mol. The summed E-state index contributed by atoms with van der Waals surface area (Å²) in [5.41, 5.74) is 2.91. The summed E-state index contributed by atoms with van der Waals surface area (Å²) in [7, 11) is 0. The fraction of sp³-hybridized carbons (Fsp3) is 0.235. The number of ether oxygens (including phenoxy) is 1. The van der Waals surface area contributed by atoms with Crippen LogP contribution in [-0.4, -0.2) is 19.1 Å². The Hall–Kier alpha value is -2.00. The molecule has 0 aliphatic carbocycles. The lowest BCUT2D eigenvalue weighted by molar-refractivity contribution is 0.0947. The van der Waals surface area contributed by atoms with Crippen molar-refractivity contribution in [2.24, 2.45) is 0 Å². The molecule has 2 aromatic rings. The predicted octanol–water partition coefficient (Wildman–Crippen LogP) is 3.77. The largest absolute Gasteiger partial charge is 0.492 e. The van der Waals surface area contributed by atoms with Crippen LogP contribution in [0.5, 0.6) is 5.75 Å². The highest BCUT2D eigenvalue weighted by atomic mass is 35.5. The van der Waals surface area contributed by atoms with Crippen molar-refractivity contribution in [3.63, 3.8) is 0 Å². The summed E-state index contributed by atoms with van der Waals surface area (Å²) in [6.07, 6.45) is 0. The van der Waals surface area contributed by atoms with Crippen molar-refractivity contribution in [2.75, 3.05) is 13.2 Å². The van der Waals surface area contributed by atoms with Crippen LogP contribution in [0.4, 0.5) is 0 Å². The lowest BCUT2D eigenvalue weighted by atomic mass is 10.1. The summed E-state index contributed by atoms with van der Waals surface area (Å²) in [5.74, 6) is 0.698. The van der Waals surface area contributed by atoms with Crippen LogP contribution in [0.2, 0.25) is 5.02 Å². The first-order valence-corrected chi connectivity index (χ1v) is 7.17. The molecule has 0 saturated heterocycles. The zero-order chi connectivity index (χ0) is 15.2. The summed E-state index contributed by atoms with van der Waals surface area (Å²) in [4.78, 5) is 11.9. The first-order chi connectivity index (χ1) is 10.0. The van der Waals surface area contributed by atoms with E-state index in [1.165, 1.54) is 0 Å². The Morgan fingerprint density at radius 1 is 1.10 bits per heavy atom. The number of halogens is 1. The molecule has 0 saturated carbocycles. The van der Waals surface area contributed by atoms with Crippen LogP contribution in [0.15, 0.2) is 42.5 Å². The predicted molar refractivity (Wildman–Crippen MR) is 85.2 cm³/mol. The summed E-state index contributed by atoms with van der Waals surface area (Å²) < 4.78 is 5.64. The molecule has 0 aliphatic rings. The first kappa shape index (κ1) is 15.4. The summed E-state index contributed by atoms with van der Waals surface area (Å²) in [5, 5.41) is 3.43. The third-order valence-electron chi connectivity index (χ3n) is 2.96. The average molecular weight is 304 g/mol. The molecule has 3 nitrogen and oxygen atoms in total. The van der Waals surface area contributed by atoms with E-state index in [9.17, 15) is 4.79 Å². The summed E-state index contributed by atoms with van der Waals surface area (Å²) in [6.45, 7) is 4.95. The Bertz CT molecular complexity index is 603. The van der Waals surface area contributed by atoms with Gasteiger partial charge in [-0.15, -0.1) is 0 Å². The Morgan fingerprint density at radius 3 is 2.33 bits per heavy atom. The van der Waals surface area contributed by atoms with E-state index in [0.29, 0.717) is 23.7 Å². The van der Waals surface area contributed by atoms with Crippen LogP contribution in [0.3, 0.4) is 0 Å². The molecule has 21 heavy (non-hydrogen) atoms. The number of carbonyl (C=O) groups is 1. The van der Waals surface area contributed by atoms with Crippen molar-refractivity contribution in [1.29, 1.82) is 0 Å². The van der Waals surface area contributed by atoms with Crippen molar-refractivity contribution in [3.05, 3.63) is 64.2 Å². The number of hydrogen-bond acceptors (Lipinski definition) is 2. The number of aryl methyl sites for hydroxylation is 2. The normalized spacial score (nSPS) is 10.2. The van der Waals surface area contributed by atoms with Crippen molar-refractivity contribution >= 4 is 17.5 Å². The maximum atomic E-state index is 11.9. The molecule has 0 radical (unpaired) electrons. The van der Waals surface area contributed by atoms with Crippen molar-refractivity contribution in [2.45, 2.75) is 13.8 Å². The third kappa shape index (κ3) is 4.80. The number of amides is 1. The van der Waals surface area contributed by atoms with Gasteiger partial charge in [-0.3, -0.25) is 4.79 Å². The minimum absolute atomic E-state index is 0.129. The molecule has 0 aliphatic heterocycles. The molecule has 0 aromatic heterocycles. The van der Waals surface area contributed by atoms with Gasteiger partial charge in [-0.25, -0.2) is 0 Å². The number of benzene rings is 2. The maximum absolute atomic E-state index is 11.9. The Labute approximate surface area is 129 Å². The third-order valence-corrected chi connectivity index (χ3v) is 3.21. The van der Waals surface area contributed by atoms with Gasteiger partial charge in [0, 0.05) is 10.6 Å². The van der Waals surface area contributed by atoms with Gasteiger partial charge in [0.15, 0.2) is 0 Å². The van der Waals surface area contributed by atoms with E-state index < -0.39 is 0 Å². The molecular weight excluding hydrogens is 286 g/mol. The molecule has 1 amide bonds. The highest BCUT2D eigenvalue weighted by Crippen LogP contribution is 2.15. The second kappa shape index (κ2) is 7.14. The Morgan fingerprint density at radius 2 is 1.71 bits per heavy atom. The first-order valence-electron chi connectivity index (χ1n) is 6.79. The van der Waals surface area contributed by atoms with Crippen LogP contribution >= 0.6 is 11.6 Å². The van der Waals surface area contributed by atoms with Crippen molar-refractivity contribution in [3.8, 4) is 5.75 Å². The van der Waals surface area contributed by atoms with Crippen LogP contribution in [0, 0.1) is 13.8 Å². The SMILES string of the molecule is Cc1cc(C)cc(OCCNC(=O)c2ccc(Cl)cc2)c1. The van der Waals surface area contributed by atoms with Crippen molar-refractivity contribution in [1.82, 2.24) is 5.32 Å². The number of nitrogens with one attached hydrogen (secondary N) is 1. The van der Waals surface area contributed by atoms with Gasteiger partial charge in [0.25, 0.3) is 5.91 Å². The quantitative estimate of drug-likeness (QED) is 0.854. The Kier molecular flexibility index (Phi) is 5.23. The lowest BCUT2D eigenvalue weighted by Crippen LogP contribution is -2.28. The molecule has 2 rings (SSSR count). The van der Waals surface area contributed by atoms with E-state index in [2.05, 4.69) is 11.4 Å². The molecule has 0 unspecified atom stereocenters. The number of hydrogen-bond donors (Lipinski definition) is 1. The van der Waals surface area contributed by atoms with E-state index in [-0.39, 0.29) is 5.91 Å². The van der Waals surface area contributed by atoms with E-state index in [4.69, 9.17) is 16.3 Å². The van der Waals surface area contributed by atoms with Gasteiger partial charge in [0.05, 0.1) is 6.54 Å².